The number of rotatable bonds is 5. The number of fused-ring (bicyclic) bond motifs is 1. The fourth-order valence-electron chi connectivity index (χ4n) is 2.19. The Balaban J connectivity index is 2.32. The third-order valence-corrected chi connectivity index (χ3v) is 3.04. The molecule has 0 spiro atoms. The van der Waals surface area contributed by atoms with Crippen molar-refractivity contribution in [1.82, 2.24) is 5.32 Å². The Morgan fingerprint density at radius 1 is 1.12 bits per heavy atom. The molecule has 0 saturated heterocycles. The van der Waals surface area contributed by atoms with Crippen molar-refractivity contribution in [2.75, 3.05) is 13.2 Å². The highest BCUT2D eigenvalue weighted by Crippen LogP contribution is 2.22. The van der Waals surface area contributed by atoms with Crippen LogP contribution in [0.5, 0.6) is 0 Å². The smallest absolute Gasteiger partial charge is 0.0449 e. The lowest BCUT2D eigenvalue weighted by atomic mass is 10.00. The van der Waals surface area contributed by atoms with Crippen LogP contribution >= 0.6 is 0 Å². The molecule has 0 fully saturated rings. The zero-order chi connectivity index (χ0) is 12.1. The summed E-state index contributed by atoms with van der Waals surface area (Å²) in [6.07, 6.45) is 0.756. The minimum absolute atomic E-state index is 0.213. The van der Waals surface area contributed by atoms with Crippen LogP contribution in [0, 0.1) is 0 Å². The summed E-state index contributed by atoms with van der Waals surface area (Å²) in [5.41, 5.74) is 1.25. The standard InChI is InChI=1S/C15H19NO/c1-2-16-15(9-10-17)14-8-7-12-5-3-4-6-13(12)11-14/h3-8,11,15-17H,2,9-10H2,1H3. The molecular weight excluding hydrogens is 210 g/mol. The zero-order valence-electron chi connectivity index (χ0n) is 10.2. The first-order valence-corrected chi connectivity index (χ1v) is 6.18. The minimum atomic E-state index is 0.213. The highest BCUT2D eigenvalue weighted by atomic mass is 16.3. The van der Waals surface area contributed by atoms with Crippen LogP contribution in [0.1, 0.15) is 24.9 Å². The zero-order valence-corrected chi connectivity index (χ0v) is 10.2. The van der Waals surface area contributed by atoms with Gasteiger partial charge in [0.15, 0.2) is 0 Å². The lowest BCUT2D eigenvalue weighted by molar-refractivity contribution is 0.266. The fourth-order valence-corrected chi connectivity index (χ4v) is 2.19. The van der Waals surface area contributed by atoms with Gasteiger partial charge < -0.3 is 10.4 Å². The second kappa shape index (κ2) is 5.80. The van der Waals surface area contributed by atoms with Gasteiger partial charge in [0.1, 0.15) is 0 Å². The molecule has 0 radical (unpaired) electrons. The SMILES string of the molecule is CCNC(CCO)c1ccc2ccccc2c1. The summed E-state index contributed by atoms with van der Waals surface area (Å²) < 4.78 is 0. The number of nitrogens with one attached hydrogen (secondary N) is 1. The van der Waals surface area contributed by atoms with Crippen LogP contribution in [0.2, 0.25) is 0 Å². The molecule has 90 valence electrons. The number of hydrogen-bond donors (Lipinski definition) is 2. The summed E-state index contributed by atoms with van der Waals surface area (Å²) in [6, 6.07) is 15.1. The maximum Gasteiger partial charge on any atom is 0.0449 e. The van der Waals surface area contributed by atoms with Gasteiger partial charge in [-0.25, -0.2) is 0 Å². The van der Waals surface area contributed by atoms with E-state index in [1.807, 2.05) is 0 Å². The maximum absolute atomic E-state index is 9.10. The molecule has 0 bridgehead atoms. The van der Waals surface area contributed by atoms with Gasteiger partial charge in [-0.1, -0.05) is 43.3 Å². The van der Waals surface area contributed by atoms with Crippen LogP contribution < -0.4 is 5.32 Å². The molecular formula is C15H19NO. The van der Waals surface area contributed by atoms with Crippen molar-refractivity contribution in [3.63, 3.8) is 0 Å². The summed E-state index contributed by atoms with van der Waals surface area (Å²) in [7, 11) is 0. The molecule has 0 amide bonds. The Morgan fingerprint density at radius 2 is 1.88 bits per heavy atom. The fraction of sp³-hybridized carbons (Fsp3) is 0.333. The van der Waals surface area contributed by atoms with Crippen molar-refractivity contribution in [2.45, 2.75) is 19.4 Å². The molecule has 2 aromatic carbocycles. The Kier molecular flexibility index (Phi) is 4.13. The van der Waals surface area contributed by atoms with E-state index >= 15 is 0 Å². The average Bonchev–Trinajstić information content (AvgIpc) is 2.38. The predicted octanol–water partition coefficient (Wildman–Crippen LogP) is 2.87. The molecule has 1 unspecified atom stereocenters. The Labute approximate surface area is 102 Å². The largest absolute Gasteiger partial charge is 0.396 e. The second-order valence-corrected chi connectivity index (χ2v) is 4.23. The Morgan fingerprint density at radius 3 is 2.59 bits per heavy atom. The van der Waals surface area contributed by atoms with Gasteiger partial charge in [0, 0.05) is 12.6 Å². The van der Waals surface area contributed by atoms with Crippen molar-refractivity contribution >= 4 is 10.8 Å². The minimum Gasteiger partial charge on any atom is -0.396 e. The van der Waals surface area contributed by atoms with Crippen molar-refractivity contribution in [3.8, 4) is 0 Å². The van der Waals surface area contributed by atoms with Gasteiger partial charge in [-0.2, -0.15) is 0 Å². The summed E-state index contributed by atoms with van der Waals surface area (Å²) in [4.78, 5) is 0. The summed E-state index contributed by atoms with van der Waals surface area (Å²) in [5.74, 6) is 0. The maximum atomic E-state index is 9.10. The van der Waals surface area contributed by atoms with Crippen LogP contribution in [0.15, 0.2) is 42.5 Å². The van der Waals surface area contributed by atoms with Crippen LogP contribution in [0.3, 0.4) is 0 Å². The van der Waals surface area contributed by atoms with E-state index < -0.39 is 0 Å². The lowest BCUT2D eigenvalue weighted by Gasteiger charge is -2.17. The lowest BCUT2D eigenvalue weighted by Crippen LogP contribution is -2.21. The van der Waals surface area contributed by atoms with Crippen LogP contribution in [-0.2, 0) is 0 Å². The first-order chi connectivity index (χ1) is 8.35. The third kappa shape index (κ3) is 2.84. The molecule has 0 heterocycles. The van der Waals surface area contributed by atoms with Gasteiger partial charge in [-0.3, -0.25) is 0 Å². The number of aliphatic hydroxyl groups is 1. The van der Waals surface area contributed by atoms with Gasteiger partial charge in [0.05, 0.1) is 0 Å². The monoisotopic (exact) mass is 229 g/mol. The van der Waals surface area contributed by atoms with E-state index in [0.29, 0.717) is 0 Å². The average molecular weight is 229 g/mol. The van der Waals surface area contributed by atoms with Crippen molar-refractivity contribution in [2.24, 2.45) is 0 Å². The quantitative estimate of drug-likeness (QED) is 0.826. The molecule has 0 aromatic heterocycles. The van der Waals surface area contributed by atoms with Gasteiger partial charge in [-0.05, 0) is 35.4 Å². The molecule has 0 aliphatic rings. The first-order valence-electron chi connectivity index (χ1n) is 6.18. The van der Waals surface area contributed by atoms with Gasteiger partial charge in [-0.15, -0.1) is 0 Å². The molecule has 0 aliphatic heterocycles. The van der Waals surface area contributed by atoms with Crippen LogP contribution in [-0.4, -0.2) is 18.3 Å². The molecule has 2 N–H and O–H groups in total. The molecule has 2 rings (SSSR count). The van der Waals surface area contributed by atoms with Crippen molar-refractivity contribution in [1.29, 1.82) is 0 Å². The van der Waals surface area contributed by atoms with Gasteiger partial charge >= 0.3 is 0 Å². The Hall–Kier alpha value is -1.38. The molecule has 2 nitrogen and oxygen atoms in total. The summed E-state index contributed by atoms with van der Waals surface area (Å²) in [6.45, 7) is 3.22. The van der Waals surface area contributed by atoms with E-state index in [1.165, 1.54) is 16.3 Å². The predicted molar refractivity (Wildman–Crippen MR) is 72.1 cm³/mol. The number of benzene rings is 2. The topological polar surface area (TPSA) is 32.3 Å². The molecule has 1 atom stereocenters. The van der Waals surface area contributed by atoms with Crippen LogP contribution in [0.4, 0.5) is 0 Å². The van der Waals surface area contributed by atoms with E-state index in [9.17, 15) is 0 Å². The number of aliphatic hydroxyl groups excluding tert-OH is 1. The van der Waals surface area contributed by atoms with E-state index in [-0.39, 0.29) is 12.6 Å². The van der Waals surface area contributed by atoms with E-state index in [2.05, 4.69) is 54.7 Å². The summed E-state index contributed by atoms with van der Waals surface area (Å²) >= 11 is 0. The van der Waals surface area contributed by atoms with Crippen molar-refractivity contribution < 1.29 is 5.11 Å². The van der Waals surface area contributed by atoms with Gasteiger partial charge in [0.25, 0.3) is 0 Å². The van der Waals surface area contributed by atoms with E-state index in [1.54, 1.807) is 0 Å². The van der Waals surface area contributed by atoms with E-state index in [0.717, 1.165) is 13.0 Å². The normalized spacial score (nSPS) is 12.8. The van der Waals surface area contributed by atoms with E-state index in [4.69, 9.17) is 5.11 Å². The molecule has 0 aliphatic carbocycles. The third-order valence-electron chi connectivity index (χ3n) is 3.04. The molecule has 2 heteroatoms. The molecule has 2 aromatic rings. The highest BCUT2D eigenvalue weighted by Gasteiger charge is 2.09. The number of hydrogen-bond acceptors (Lipinski definition) is 2. The van der Waals surface area contributed by atoms with Crippen LogP contribution in [0.25, 0.3) is 10.8 Å². The first kappa shape index (κ1) is 12.1. The van der Waals surface area contributed by atoms with Crippen molar-refractivity contribution in [3.05, 3.63) is 48.0 Å². The molecule has 0 saturated carbocycles. The highest BCUT2D eigenvalue weighted by molar-refractivity contribution is 5.83. The Bertz CT molecular complexity index is 475. The van der Waals surface area contributed by atoms with Gasteiger partial charge in [0.2, 0.25) is 0 Å². The molecule has 17 heavy (non-hydrogen) atoms. The summed E-state index contributed by atoms with van der Waals surface area (Å²) in [5, 5.41) is 15.0. The second-order valence-electron chi connectivity index (χ2n) is 4.23.